The quantitative estimate of drug-likeness (QED) is 0.829. The summed E-state index contributed by atoms with van der Waals surface area (Å²) in [7, 11) is 1.34. The van der Waals surface area contributed by atoms with Gasteiger partial charge in [0.05, 0.1) is 13.5 Å². The molecule has 0 aromatic heterocycles. The van der Waals surface area contributed by atoms with Crippen molar-refractivity contribution in [2.75, 3.05) is 26.9 Å². The van der Waals surface area contributed by atoms with E-state index in [4.69, 9.17) is 9.47 Å². The van der Waals surface area contributed by atoms with Gasteiger partial charge in [-0.3, -0.25) is 9.59 Å². The van der Waals surface area contributed by atoms with Crippen LogP contribution in [0.2, 0.25) is 0 Å². The number of hydrogen-bond donors (Lipinski definition) is 1. The maximum atomic E-state index is 12.0. The zero-order valence-electron chi connectivity index (χ0n) is 12.5. The van der Waals surface area contributed by atoms with E-state index in [0.29, 0.717) is 19.8 Å². The summed E-state index contributed by atoms with van der Waals surface area (Å²) in [6.45, 7) is 1.44. The van der Waals surface area contributed by atoms with Crippen LogP contribution in [0.1, 0.15) is 24.3 Å². The summed E-state index contributed by atoms with van der Waals surface area (Å²) in [5.74, 6) is 1.37. The Bertz CT molecular complexity index is 586. The fourth-order valence-corrected chi connectivity index (χ4v) is 2.66. The molecule has 0 radical (unpaired) electrons. The molecule has 118 valence electrons. The van der Waals surface area contributed by atoms with Crippen LogP contribution in [0.15, 0.2) is 18.2 Å². The molecular weight excluding hydrogens is 286 g/mol. The molecule has 0 unspecified atom stereocenters. The highest BCUT2D eigenvalue weighted by atomic mass is 16.6. The Kier molecular flexibility index (Phi) is 4.18. The van der Waals surface area contributed by atoms with Gasteiger partial charge in [0, 0.05) is 12.5 Å². The number of amides is 1. The number of fused-ring (bicyclic) bond motifs is 1. The van der Waals surface area contributed by atoms with Gasteiger partial charge in [0.2, 0.25) is 5.91 Å². The second kappa shape index (κ2) is 6.25. The summed E-state index contributed by atoms with van der Waals surface area (Å²) in [6.07, 6.45) is 1.02. The molecule has 22 heavy (non-hydrogen) atoms. The van der Waals surface area contributed by atoms with Crippen LogP contribution in [0.4, 0.5) is 0 Å². The number of rotatable bonds is 5. The summed E-state index contributed by atoms with van der Waals surface area (Å²) in [5.41, 5.74) is 1.09. The van der Waals surface area contributed by atoms with Gasteiger partial charge < -0.3 is 19.5 Å². The molecule has 6 heteroatoms. The first-order valence-electron chi connectivity index (χ1n) is 7.43. The van der Waals surface area contributed by atoms with Crippen molar-refractivity contribution in [3.8, 4) is 11.5 Å². The molecule has 1 heterocycles. The molecule has 1 aliphatic carbocycles. The van der Waals surface area contributed by atoms with Crippen LogP contribution >= 0.6 is 0 Å². The summed E-state index contributed by atoms with van der Waals surface area (Å²) >= 11 is 0. The SMILES string of the molecule is COC(=O)CCNC(=O)[C@@H]1C[C@@H]1c1ccc2c(c1)OCCO2. The Labute approximate surface area is 128 Å². The van der Waals surface area contributed by atoms with E-state index in [0.717, 1.165) is 23.5 Å². The number of carbonyl (C=O) groups excluding carboxylic acids is 2. The largest absolute Gasteiger partial charge is 0.486 e. The van der Waals surface area contributed by atoms with Crippen molar-refractivity contribution in [3.63, 3.8) is 0 Å². The normalized spacial score (nSPS) is 21.9. The Morgan fingerprint density at radius 2 is 2.05 bits per heavy atom. The number of ether oxygens (including phenoxy) is 3. The van der Waals surface area contributed by atoms with Crippen LogP contribution in [0.3, 0.4) is 0 Å². The highest BCUT2D eigenvalue weighted by Gasteiger charge is 2.44. The van der Waals surface area contributed by atoms with Gasteiger partial charge in [-0.25, -0.2) is 0 Å². The van der Waals surface area contributed by atoms with Crippen LogP contribution in [0.5, 0.6) is 11.5 Å². The summed E-state index contributed by atoms with van der Waals surface area (Å²) in [5, 5.41) is 2.78. The molecular formula is C16H19NO5. The second-order valence-electron chi connectivity index (χ2n) is 5.47. The highest BCUT2D eigenvalue weighted by Crippen LogP contribution is 2.49. The van der Waals surface area contributed by atoms with E-state index in [-0.39, 0.29) is 30.1 Å². The Morgan fingerprint density at radius 3 is 2.82 bits per heavy atom. The second-order valence-corrected chi connectivity index (χ2v) is 5.47. The zero-order valence-corrected chi connectivity index (χ0v) is 12.5. The van der Waals surface area contributed by atoms with Gasteiger partial charge >= 0.3 is 5.97 Å². The maximum absolute atomic E-state index is 12.0. The average Bonchev–Trinajstić information content (AvgIpc) is 3.35. The van der Waals surface area contributed by atoms with Gasteiger partial charge in [0.15, 0.2) is 11.5 Å². The van der Waals surface area contributed by atoms with Crippen LogP contribution in [0, 0.1) is 5.92 Å². The van der Waals surface area contributed by atoms with E-state index in [1.54, 1.807) is 0 Å². The fourth-order valence-electron chi connectivity index (χ4n) is 2.66. The van der Waals surface area contributed by atoms with E-state index in [9.17, 15) is 9.59 Å². The van der Waals surface area contributed by atoms with E-state index in [1.165, 1.54) is 7.11 Å². The third-order valence-corrected chi connectivity index (χ3v) is 3.98. The number of carbonyl (C=O) groups is 2. The molecule has 1 aromatic rings. The first kappa shape index (κ1) is 14.7. The van der Waals surface area contributed by atoms with Crippen LogP contribution in [0.25, 0.3) is 0 Å². The van der Waals surface area contributed by atoms with Gasteiger partial charge in [0.25, 0.3) is 0 Å². The molecule has 1 fully saturated rings. The van der Waals surface area contributed by atoms with Gasteiger partial charge in [-0.2, -0.15) is 0 Å². The molecule has 0 saturated heterocycles. The first-order valence-corrected chi connectivity index (χ1v) is 7.43. The summed E-state index contributed by atoms with van der Waals surface area (Å²) in [6, 6.07) is 5.84. The smallest absolute Gasteiger partial charge is 0.307 e. The van der Waals surface area contributed by atoms with Crippen molar-refractivity contribution in [3.05, 3.63) is 23.8 Å². The lowest BCUT2D eigenvalue weighted by molar-refractivity contribution is -0.140. The molecule has 0 bridgehead atoms. The van der Waals surface area contributed by atoms with E-state index in [2.05, 4.69) is 10.1 Å². The molecule has 2 aliphatic rings. The molecule has 6 nitrogen and oxygen atoms in total. The van der Waals surface area contributed by atoms with Crippen molar-refractivity contribution in [1.29, 1.82) is 0 Å². The van der Waals surface area contributed by atoms with Crippen molar-refractivity contribution in [2.45, 2.75) is 18.8 Å². The van der Waals surface area contributed by atoms with Crippen molar-refractivity contribution in [1.82, 2.24) is 5.32 Å². The van der Waals surface area contributed by atoms with Gasteiger partial charge in [-0.15, -0.1) is 0 Å². The molecule has 1 N–H and O–H groups in total. The van der Waals surface area contributed by atoms with E-state index < -0.39 is 0 Å². The van der Waals surface area contributed by atoms with Crippen LogP contribution < -0.4 is 14.8 Å². The predicted octanol–water partition coefficient (Wildman–Crippen LogP) is 1.24. The van der Waals surface area contributed by atoms with Gasteiger partial charge in [-0.1, -0.05) is 6.07 Å². The molecule has 1 amide bonds. The zero-order chi connectivity index (χ0) is 15.5. The minimum atomic E-state index is -0.320. The minimum Gasteiger partial charge on any atom is -0.486 e. The average molecular weight is 305 g/mol. The molecule has 1 aromatic carbocycles. The fraction of sp³-hybridized carbons (Fsp3) is 0.500. The lowest BCUT2D eigenvalue weighted by Gasteiger charge is -2.18. The molecule has 0 spiro atoms. The lowest BCUT2D eigenvalue weighted by Crippen LogP contribution is -2.28. The number of methoxy groups -OCH3 is 1. The standard InChI is InChI=1S/C16H19NO5/c1-20-15(18)4-5-17-16(19)12-9-11(12)10-2-3-13-14(8-10)22-7-6-21-13/h2-3,8,11-12H,4-7,9H2,1H3,(H,17,19)/t11-,12-/m1/s1. The van der Waals surface area contributed by atoms with Gasteiger partial charge in [-0.05, 0) is 30.0 Å². The first-order chi connectivity index (χ1) is 10.7. The highest BCUT2D eigenvalue weighted by molar-refractivity contribution is 5.83. The van der Waals surface area contributed by atoms with Crippen molar-refractivity contribution in [2.24, 2.45) is 5.92 Å². The number of hydrogen-bond acceptors (Lipinski definition) is 5. The lowest BCUT2D eigenvalue weighted by atomic mass is 10.1. The maximum Gasteiger partial charge on any atom is 0.307 e. The van der Waals surface area contributed by atoms with Crippen molar-refractivity contribution < 1.29 is 23.8 Å². The number of benzene rings is 1. The van der Waals surface area contributed by atoms with E-state index in [1.807, 2.05) is 18.2 Å². The molecule has 3 rings (SSSR count). The number of nitrogens with one attached hydrogen (secondary N) is 1. The minimum absolute atomic E-state index is 0.0104. The summed E-state index contributed by atoms with van der Waals surface area (Å²) < 4.78 is 15.6. The Hall–Kier alpha value is -2.24. The topological polar surface area (TPSA) is 73.9 Å². The Morgan fingerprint density at radius 1 is 1.27 bits per heavy atom. The third-order valence-electron chi connectivity index (χ3n) is 3.98. The predicted molar refractivity (Wildman–Crippen MR) is 77.9 cm³/mol. The van der Waals surface area contributed by atoms with Gasteiger partial charge in [0.1, 0.15) is 13.2 Å². The molecule has 1 saturated carbocycles. The Balaban J connectivity index is 1.53. The molecule has 1 aliphatic heterocycles. The monoisotopic (exact) mass is 305 g/mol. The number of esters is 1. The summed E-state index contributed by atoms with van der Waals surface area (Å²) in [4.78, 5) is 23.0. The molecule has 2 atom stereocenters. The third kappa shape index (κ3) is 3.16. The van der Waals surface area contributed by atoms with Crippen LogP contribution in [-0.2, 0) is 14.3 Å². The van der Waals surface area contributed by atoms with Crippen LogP contribution in [-0.4, -0.2) is 38.7 Å². The van der Waals surface area contributed by atoms with E-state index >= 15 is 0 Å². The van der Waals surface area contributed by atoms with Crippen molar-refractivity contribution >= 4 is 11.9 Å².